The van der Waals surface area contributed by atoms with Crippen molar-refractivity contribution in [1.29, 1.82) is 0 Å². The Morgan fingerprint density at radius 3 is 0.500 bits per heavy atom. The average Bonchev–Trinajstić information content (AvgIpc) is 0. The third kappa shape index (κ3) is 8.84. The maximum atomic E-state index is 0. The zero-order valence-corrected chi connectivity index (χ0v) is 6.94. The van der Waals surface area contributed by atoms with Gasteiger partial charge in [-0.1, -0.05) is 0 Å². The van der Waals surface area contributed by atoms with Crippen LogP contribution in [0, 0.1) is 0 Å². The molecule has 0 nitrogen and oxygen atoms in total. The fraction of sp³-hybridized carbons (Fsp3) is 0. The molecular formula is BMg3. The summed E-state index contributed by atoms with van der Waals surface area (Å²) >= 11 is 0. The summed E-state index contributed by atoms with van der Waals surface area (Å²) in [7, 11) is 0. The van der Waals surface area contributed by atoms with Crippen LogP contribution >= 0.6 is 0 Å². The summed E-state index contributed by atoms with van der Waals surface area (Å²) in [6.07, 6.45) is 0. The van der Waals surface area contributed by atoms with Crippen molar-refractivity contribution in [2.75, 3.05) is 0 Å². The van der Waals surface area contributed by atoms with Crippen LogP contribution in [0.3, 0.4) is 0 Å². The van der Waals surface area contributed by atoms with E-state index in [0.717, 1.165) is 0 Å². The Labute approximate surface area is 76.5 Å². The molecule has 0 bridgehead atoms. The maximum Gasteiger partial charge on any atom is 0 e. The normalized spacial score (nSPS) is 0. The van der Waals surface area contributed by atoms with Gasteiger partial charge in [0.15, 0.2) is 0 Å². The lowest BCUT2D eigenvalue weighted by atomic mass is 10.8. The Bertz CT molecular complexity index is 3.25. The van der Waals surface area contributed by atoms with Gasteiger partial charge in [0.05, 0.1) is 0 Å². The topological polar surface area (TPSA) is 0 Å². The molecule has 0 aromatic heterocycles. The van der Waals surface area contributed by atoms with E-state index in [0.29, 0.717) is 0 Å². The SMILES string of the molecule is [B].[Mg].[Mg].[Mg]. The molecule has 0 aromatic carbocycles. The maximum absolute atomic E-state index is 0. The minimum atomic E-state index is 0. The molecule has 0 saturated carbocycles. The van der Waals surface area contributed by atoms with Crippen LogP contribution in [0.4, 0.5) is 0 Å². The van der Waals surface area contributed by atoms with Gasteiger partial charge >= 0.3 is 0 Å². The standard InChI is InChI=1S/B.3Mg. The van der Waals surface area contributed by atoms with E-state index in [4.69, 9.17) is 0 Å². The number of hydrogen-bond donors (Lipinski definition) is 0. The van der Waals surface area contributed by atoms with Gasteiger partial charge in [0.2, 0.25) is 0 Å². The molecule has 0 atom stereocenters. The van der Waals surface area contributed by atoms with E-state index in [2.05, 4.69) is 0 Å². The molecule has 9 valence electrons. The largest absolute Gasteiger partial charge is 0 e. The molecule has 0 fully saturated rings. The van der Waals surface area contributed by atoms with Crippen molar-refractivity contribution in [2.24, 2.45) is 0 Å². The highest BCUT2D eigenvalue weighted by Gasteiger charge is 0.00300. The highest BCUT2D eigenvalue weighted by atomic mass is 24.3. The van der Waals surface area contributed by atoms with E-state index in [1.165, 1.54) is 0 Å². The molecule has 0 aliphatic rings. The molecule has 0 unspecified atom stereocenters. The van der Waals surface area contributed by atoms with Crippen LogP contribution in [-0.4, -0.2) is 77.6 Å². The lowest BCUT2D eigenvalue weighted by Gasteiger charge is -0.00100. The first kappa shape index (κ1) is 32.8. The first-order valence-electron chi connectivity index (χ1n) is 0. The molecule has 0 aromatic rings. The van der Waals surface area contributed by atoms with Crippen molar-refractivity contribution in [3.8, 4) is 0 Å². The summed E-state index contributed by atoms with van der Waals surface area (Å²) < 4.78 is 0. The van der Waals surface area contributed by atoms with Crippen molar-refractivity contribution in [3.05, 3.63) is 0 Å². The van der Waals surface area contributed by atoms with E-state index in [1.807, 2.05) is 0 Å². The third-order valence-corrected chi connectivity index (χ3v) is 0. The van der Waals surface area contributed by atoms with Crippen LogP contribution in [0.25, 0.3) is 0 Å². The second-order valence-corrected chi connectivity index (χ2v) is 0. The molecule has 0 amide bonds. The van der Waals surface area contributed by atoms with Crippen molar-refractivity contribution in [2.45, 2.75) is 0 Å². The molecule has 0 aliphatic carbocycles. The van der Waals surface area contributed by atoms with E-state index in [9.17, 15) is 0 Å². The van der Waals surface area contributed by atoms with E-state index in [1.54, 1.807) is 0 Å². The van der Waals surface area contributed by atoms with Gasteiger partial charge in [0.1, 0.15) is 0 Å². The summed E-state index contributed by atoms with van der Waals surface area (Å²) in [5, 5.41) is 0. The van der Waals surface area contributed by atoms with Gasteiger partial charge in [-0.05, 0) is 0 Å². The quantitative estimate of drug-likeness (QED) is 0.312. The Balaban J connectivity index is 0. The fourth-order valence-electron chi connectivity index (χ4n) is 0. The molecule has 0 heterocycles. The molecule has 0 aliphatic heterocycles. The van der Waals surface area contributed by atoms with Crippen LogP contribution in [-0.2, 0) is 0 Å². The average molecular weight is 83.7 g/mol. The van der Waals surface area contributed by atoms with Crippen molar-refractivity contribution in [1.82, 2.24) is 0 Å². The third-order valence-electron chi connectivity index (χ3n) is 0. The van der Waals surface area contributed by atoms with Gasteiger partial charge < -0.3 is 0 Å². The lowest BCUT2D eigenvalue weighted by Crippen LogP contribution is -0.382. The Kier molecular flexibility index (Phi) is 150. The minimum Gasteiger partial charge on any atom is 0 e. The van der Waals surface area contributed by atoms with Crippen molar-refractivity contribution >= 4 is 77.6 Å². The second-order valence-electron chi connectivity index (χ2n) is 0. The van der Waals surface area contributed by atoms with Crippen LogP contribution in [0.1, 0.15) is 0 Å². The van der Waals surface area contributed by atoms with E-state index in [-0.39, 0.29) is 77.6 Å². The van der Waals surface area contributed by atoms with Crippen molar-refractivity contribution < 1.29 is 0 Å². The first-order chi connectivity index (χ1) is 0. The van der Waals surface area contributed by atoms with E-state index < -0.39 is 0 Å². The minimum absolute atomic E-state index is 0. The van der Waals surface area contributed by atoms with Gasteiger partial charge in [-0.25, -0.2) is 0 Å². The summed E-state index contributed by atoms with van der Waals surface area (Å²) in [6, 6.07) is 0. The van der Waals surface area contributed by atoms with Crippen molar-refractivity contribution in [3.63, 3.8) is 0 Å². The predicted octanol–water partition coefficient (Wildman–Crippen LogP) is -1.52. The highest BCUT2D eigenvalue weighted by molar-refractivity contribution is 5.76. The Morgan fingerprint density at radius 2 is 0.500 bits per heavy atom. The smallest absolute Gasteiger partial charge is 0 e. The van der Waals surface area contributed by atoms with Crippen LogP contribution in [0.15, 0.2) is 0 Å². The molecule has 0 saturated heterocycles. The zero-order chi connectivity index (χ0) is 0. The summed E-state index contributed by atoms with van der Waals surface area (Å²) in [6.45, 7) is 0. The molecule has 0 rings (SSSR count). The summed E-state index contributed by atoms with van der Waals surface area (Å²) in [5.41, 5.74) is 0. The summed E-state index contributed by atoms with van der Waals surface area (Å²) in [5.74, 6) is 0. The number of hydrogen-bond acceptors (Lipinski definition) is 0. The van der Waals surface area contributed by atoms with Gasteiger partial charge in [-0.2, -0.15) is 0 Å². The molecule has 0 N–H and O–H groups in total. The fourth-order valence-corrected chi connectivity index (χ4v) is 0. The summed E-state index contributed by atoms with van der Waals surface area (Å²) in [4.78, 5) is 0. The zero-order valence-electron chi connectivity index (χ0n) is 2.70. The molecule has 4 heteroatoms. The molecular weight excluding hydrogens is 83.7 g/mol. The number of rotatable bonds is 0. The second kappa shape index (κ2) is 18.3. The Morgan fingerprint density at radius 1 is 0.500 bits per heavy atom. The lowest BCUT2D eigenvalue weighted by molar-refractivity contribution is 5.75. The van der Waals surface area contributed by atoms with Gasteiger partial charge in [0, 0.05) is 77.6 Å². The van der Waals surface area contributed by atoms with Gasteiger partial charge in [0.25, 0.3) is 0 Å². The van der Waals surface area contributed by atoms with Crippen LogP contribution < -0.4 is 0 Å². The first-order valence-corrected chi connectivity index (χ1v) is 0. The molecule has 9 radical (unpaired) electrons. The highest BCUT2D eigenvalue weighted by Crippen LogP contribution is -0.378. The predicted molar refractivity (Wildman–Crippen MR) is 23.0 cm³/mol. The monoisotopic (exact) mass is 83.0 g/mol. The molecule has 0 spiro atoms. The van der Waals surface area contributed by atoms with E-state index >= 15 is 0 Å². The van der Waals surface area contributed by atoms with Gasteiger partial charge in [-0.15, -0.1) is 0 Å². The van der Waals surface area contributed by atoms with Crippen LogP contribution in [0.5, 0.6) is 0 Å². The molecule has 4 heavy (non-hydrogen) atoms. The van der Waals surface area contributed by atoms with Crippen LogP contribution in [0.2, 0.25) is 0 Å². The van der Waals surface area contributed by atoms with Gasteiger partial charge in [-0.3, -0.25) is 0 Å². The Hall–Kier alpha value is 2.36.